The zero-order valence-corrected chi connectivity index (χ0v) is 23.9. The Labute approximate surface area is 241 Å². The molecule has 0 N–H and O–H groups in total. The maximum absolute atomic E-state index is 13.7. The molecule has 2 amide bonds. The minimum absolute atomic E-state index is 0.0328. The number of rotatable bonds is 14. The molecule has 1 aromatic heterocycles. The van der Waals surface area contributed by atoms with E-state index in [9.17, 15) is 9.59 Å². The van der Waals surface area contributed by atoms with Crippen molar-refractivity contribution in [2.45, 2.75) is 13.0 Å². The van der Waals surface area contributed by atoms with Crippen LogP contribution in [-0.4, -0.2) is 93.2 Å². The predicted octanol–water partition coefficient (Wildman–Crippen LogP) is 3.74. The molecule has 0 unspecified atom stereocenters. The van der Waals surface area contributed by atoms with Crippen LogP contribution in [-0.2, 0) is 27.3 Å². The van der Waals surface area contributed by atoms with E-state index in [1.165, 1.54) is 0 Å². The molecule has 9 heteroatoms. The van der Waals surface area contributed by atoms with Gasteiger partial charge in [-0.1, -0.05) is 36.4 Å². The van der Waals surface area contributed by atoms with Gasteiger partial charge >= 0.3 is 0 Å². The third kappa shape index (κ3) is 9.23. The van der Waals surface area contributed by atoms with Crippen LogP contribution in [0.2, 0.25) is 0 Å². The van der Waals surface area contributed by atoms with E-state index >= 15 is 0 Å². The molecule has 0 saturated carbocycles. The molecule has 0 atom stereocenters. The molecule has 41 heavy (non-hydrogen) atoms. The van der Waals surface area contributed by atoms with Crippen LogP contribution in [0.3, 0.4) is 0 Å². The molecule has 2 aromatic carbocycles. The van der Waals surface area contributed by atoms with Crippen LogP contribution >= 0.6 is 0 Å². The minimum Gasteiger partial charge on any atom is -0.493 e. The average Bonchev–Trinajstić information content (AvgIpc) is 3.54. The number of amides is 2. The van der Waals surface area contributed by atoms with Crippen molar-refractivity contribution in [2.24, 2.45) is 0 Å². The number of carbonyl (C=O) groups is 2. The number of furan rings is 1. The molecule has 0 bridgehead atoms. The first-order valence-electron chi connectivity index (χ1n) is 13.9. The second-order valence-corrected chi connectivity index (χ2v) is 9.79. The lowest BCUT2D eigenvalue weighted by Crippen LogP contribution is -2.47. The quantitative estimate of drug-likeness (QED) is 0.277. The zero-order valence-electron chi connectivity index (χ0n) is 23.9. The Kier molecular flexibility index (Phi) is 11.4. The Morgan fingerprint density at radius 1 is 0.927 bits per heavy atom. The third-order valence-corrected chi connectivity index (χ3v) is 7.04. The summed E-state index contributed by atoms with van der Waals surface area (Å²) in [5.74, 6) is 1.62. The molecule has 2 heterocycles. The van der Waals surface area contributed by atoms with Gasteiger partial charge in [0.1, 0.15) is 12.3 Å². The van der Waals surface area contributed by atoms with Gasteiger partial charge in [-0.05, 0) is 47.9 Å². The van der Waals surface area contributed by atoms with Gasteiger partial charge in [0.2, 0.25) is 11.8 Å². The van der Waals surface area contributed by atoms with E-state index in [0.717, 1.165) is 24.2 Å². The highest BCUT2D eigenvalue weighted by atomic mass is 16.5. The number of carbonyl (C=O) groups excluding carboxylic acids is 2. The van der Waals surface area contributed by atoms with Crippen LogP contribution in [0.25, 0.3) is 6.08 Å². The van der Waals surface area contributed by atoms with Crippen molar-refractivity contribution < 1.29 is 28.2 Å². The predicted molar refractivity (Wildman–Crippen MR) is 157 cm³/mol. The van der Waals surface area contributed by atoms with Gasteiger partial charge in [-0.2, -0.15) is 0 Å². The van der Waals surface area contributed by atoms with E-state index in [1.807, 2.05) is 54.6 Å². The zero-order chi connectivity index (χ0) is 28.9. The second-order valence-electron chi connectivity index (χ2n) is 9.79. The van der Waals surface area contributed by atoms with Crippen LogP contribution in [0, 0.1) is 0 Å². The molecule has 218 valence electrons. The fourth-order valence-corrected chi connectivity index (χ4v) is 4.64. The Balaban J connectivity index is 1.47. The Bertz CT molecular complexity index is 1260. The molecule has 1 saturated heterocycles. The maximum atomic E-state index is 13.7. The van der Waals surface area contributed by atoms with E-state index in [2.05, 4.69) is 4.90 Å². The van der Waals surface area contributed by atoms with Crippen molar-refractivity contribution >= 4 is 17.9 Å². The smallest absolute Gasteiger partial charge is 0.247 e. The summed E-state index contributed by atoms with van der Waals surface area (Å²) in [4.78, 5) is 32.7. The number of nitrogens with zero attached hydrogens (tertiary/aromatic N) is 3. The molecule has 0 radical (unpaired) electrons. The molecule has 9 nitrogen and oxygen atoms in total. The van der Waals surface area contributed by atoms with Gasteiger partial charge in [0.05, 0.1) is 40.2 Å². The highest BCUT2D eigenvalue weighted by Gasteiger charge is 2.22. The van der Waals surface area contributed by atoms with Crippen LogP contribution in [0.1, 0.15) is 16.9 Å². The number of hydrogen-bond donors (Lipinski definition) is 0. The Morgan fingerprint density at radius 3 is 2.41 bits per heavy atom. The average molecular weight is 562 g/mol. The number of benzene rings is 2. The number of ether oxygens (including phenoxy) is 3. The molecule has 1 aliphatic rings. The van der Waals surface area contributed by atoms with E-state index in [-0.39, 0.29) is 18.4 Å². The minimum atomic E-state index is -0.201. The third-order valence-electron chi connectivity index (χ3n) is 7.04. The van der Waals surface area contributed by atoms with E-state index in [1.54, 1.807) is 48.5 Å². The normalized spacial score (nSPS) is 13.7. The highest BCUT2D eigenvalue weighted by molar-refractivity contribution is 5.94. The van der Waals surface area contributed by atoms with Crippen LogP contribution < -0.4 is 9.47 Å². The topological polar surface area (TPSA) is 84.7 Å². The second kappa shape index (κ2) is 15.6. The molecule has 1 fully saturated rings. The van der Waals surface area contributed by atoms with Gasteiger partial charge in [0, 0.05) is 38.8 Å². The van der Waals surface area contributed by atoms with Crippen molar-refractivity contribution in [2.75, 3.05) is 66.7 Å². The van der Waals surface area contributed by atoms with Gasteiger partial charge in [-0.25, -0.2) is 0 Å². The summed E-state index contributed by atoms with van der Waals surface area (Å²) in [7, 11) is 3.20. The highest BCUT2D eigenvalue weighted by Crippen LogP contribution is 2.27. The summed E-state index contributed by atoms with van der Waals surface area (Å²) in [6.07, 6.45) is 5.52. The first-order valence-corrected chi connectivity index (χ1v) is 13.9. The van der Waals surface area contributed by atoms with Gasteiger partial charge in [0.25, 0.3) is 0 Å². The van der Waals surface area contributed by atoms with Crippen LogP contribution in [0.15, 0.2) is 77.4 Å². The Hall–Kier alpha value is -4.08. The molecule has 3 aromatic rings. The molecular formula is C32H39N3O6. The summed E-state index contributed by atoms with van der Waals surface area (Å²) in [5.41, 5.74) is 1.93. The summed E-state index contributed by atoms with van der Waals surface area (Å²) < 4.78 is 21.8. The van der Waals surface area contributed by atoms with Crippen LogP contribution in [0.4, 0.5) is 0 Å². The van der Waals surface area contributed by atoms with E-state index in [4.69, 9.17) is 18.6 Å². The molecule has 4 rings (SSSR count). The lowest BCUT2D eigenvalue weighted by atomic mass is 10.1. The van der Waals surface area contributed by atoms with Crippen molar-refractivity contribution in [3.63, 3.8) is 0 Å². The van der Waals surface area contributed by atoms with E-state index < -0.39 is 0 Å². The fraction of sp³-hybridized carbons (Fsp3) is 0.375. The first kappa shape index (κ1) is 29.9. The van der Waals surface area contributed by atoms with Gasteiger partial charge in [0.15, 0.2) is 11.5 Å². The van der Waals surface area contributed by atoms with Gasteiger partial charge in [-0.15, -0.1) is 0 Å². The van der Waals surface area contributed by atoms with Crippen molar-refractivity contribution in [1.82, 2.24) is 14.7 Å². The monoisotopic (exact) mass is 561 g/mol. The summed E-state index contributed by atoms with van der Waals surface area (Å²) in [5, 5.41) is 0. The van der Waals surface area contributed by atoms with Gasteiger partial charge < -0.3 is 28.4 Å². The fourth-order valence-electron chi connectivity index (χ4n) is 4.64. The first-order chi connectivity index (χ1) is 20.1. The summed E-state index contributed by atoms with van der Waals surface area (Å²) >= 11 is 0. The largest absolute Gasteiger partial charge is 0.493 e. The lowest BCUT2D eigenvalue weighted by molar-refractivity contribution is -0.139. The molecule has 0 aliphatic carbocycles. The van der Waals surface area contributed by atoms with Crippen LogP contribution in [0.5, 0.6) is 11.5 Å². The van der Waals surface area contributed by atoms with Crippen molar-refractivity contribution in [1.29, 1.82) is 0 Å². The number of hydrogen-bond acceptors (Lipinski definition) is 7. The van der Waals surface area contributed by atoms with Gasteiger partial charge in [-0.3, -0.25) is 14.5 Å². The molecule has 0 spiro atoms. The molecular weight excluding hydrogens is 522 g/mol. The van der Waals surface area contributed by atoms with Crippen molar-refractivity contribution in [3.8, 4) is 11.5 Å². The number of morpholine rings is 1. The summed E-state index contributed by atoms with van der Waals surface area (Å²) in [6, 6.07) is 19.0. The van der Waals surface area contributed by atoms with E-state index in [0.29, 0.717) is 63.1 Å². The summed E-state index contributed by atoms with van der Waals surface area (Å²) in [6.45, 7) is 4.80. The lowest BCUT2D eigenvalue weighted by Gasteiger charge is -2.31. The number of methoxy groups -OCH3 is 2. The van der Waals surface area contributed by atoms with Crippen molar-refractivity contribution in [3.05, 3.63) is 89.9 Å². The standard InChI is InChI=1S/C32H39N3O6/c1-38-29-12-10-27(23-30(29)39-2)14-15-34(24-28-9-6-20-41-28)32(37)25-35(17-16-33-18-21-40-22-19-33)31(36)13-11-26-7-4-3-5-8-26/h3-13,20,23H,14-19,21-22,24-25H2,1-2H3/b13-11+. The maximum Gasteiger partial charge on any atom is 0.247 e. The SMILES string of the molecule is COc1ccc(CCN(Cc2ccco2)C(=O)CN(CCN2CCOCC2)C(=O)/C=C/c2ccccc2)cc1OC. The Morgan fingerprint density at radius 2 is 1.71 bits per heavy atom. The molecule has 1 aliphatic heterocycles.